The summed E-state index contributed by atoms with van der Waals surface area (Å²) in [7, 11) is 0. The molecule has 0 spiro atoms. The maximum atomic E-state index is 15.1. The highest BCUT2D eigenvalue weighted by atomic mass is 16.8. The Bertz CT molecular complexity index is 2180. The zero-order valence-corrected chi connectivity index (χ0v) is 35.3. The molecule has 3 aromatic rings. The van der Waals surface area contributed by atoms with Gasteiger partial charge in [-0.25, -0.2) is 9.59 Å². The third-order valence-electron chi connectivity index (χ3n) is 12.1. The number of amides is 1. The van der Waals surface area contributed by atoms with Gasteiger partial charge in [-0.05, 0) is 44.4 Å². The zero-order chi connectivity index (χ0) is 44.0. The minimum atomic E-state index is -1.62. The maximum absolute atomic E-state index is 15.1. The van der Waals surface area contributed by atoms with Crippen LogP contribution in [-0.4, -0.2) is 101 Å². The second-order valence-corrected chi connectivity index (χ2v) is 18.2. The monoisotopic (exact) mass is 852 g/mol. The quantitative estimate of drug-likeness (QED) is 0.141. The molecule has 2 N–H and O–H groups in total. The number of hydrogen-bond acceptors (Lipinski definition) is 14. The lowest BCUT2D eigenvalue weighted by atomic mass is 9.62. The van der Waals surface area contributed by atoms with Crippen LogP contribution in [0.15, 0.2) is 91.0 Å². The second-order valence-electron chi connectivity index (χ2n) is 18.2. The van der Waals surface area contributed by atoms with Crippen molar-refractivity contribution in [1.29, 1.82) is 0 Å². The fraction of sp³-hybridized carbons (Fsp3) is 0.468. The van der Waals surface area contributed by atoms with Gasteiger partial charge in [-0.1, -0.05) is 98.8 Å². The van der Waals surface area contributed by atoms with Crippen LogP contribution in [0.5, 0.6) is 0 Å². The number of rotatable bonds is 13. The van der Waals surface area contributed by atoms with Gasteiger partial charge in [0.1, 0.15) is 42.0 Å². The number of fused-ring (bicyclic) bond motifs is 4. The first-order chi connectivity index (χ1) is 29.5. The van der Waals surface area contributed by atoms with E-state index in [4.69, 9.17) is 33.3 Å². The minimum Gasteiger partial charge on any atom is -0.462 e. The third kappa shape index (κ3) is 8.03. The van der Waals surface area contributed by atoms with E-state index in [1.165, 1.54) is 11.1 Å². The Kier molecular flexibility index (Phi) is 11.6. The molecule has 0 radical (unpaired) electrons. The summed E-state index contributed by atoms with van der Waals surface area (Å²) in [5.74, 6) is -4.60. The number of benzene rings is 3. The molecule has 3 aromatic carbocycles. The Morgan fingerprint density at radius 2 is 1.56 bits per heavy atom. The van der Waals surface area contributed by atoms with Crippen LogP contribution in [0.25, 0.3) is 6.08 Å². The largest absolute Gasteiger partial charge is 0.462 e. The second kappa shape index (κ2) is 16.7. The van der Waals surface area contributed by atoms with Crippen LogP contribution >= 0.6 is 0 Å². The number of esters is 4. The first kappa shape index (κ1) is 43.2. The van der Waals surface area contributed by atoms with Crippen molar-refractivity contribution in [3.05, 3.63) is 113 Å². The average molecular weight is 853 g/mol. The normalized spacial score (nSPS) is 28.7. The number of ether oxygens (including phenoxy) is 6. The van der Waals surface area contributed by atoms with E-state index in [0.29, 0.717) is 22.3 Å². The van der Waals surface area contributed by atoms with Gasteiger partial charge >= 0.3 is 23.9 Å². The number of aliphatic hydroxyl groups excluding tert-OH is 1. The molecule has 4 saturated heterocycles. The average Bonchev–Trinajstić information content (AvgIpc) is 3.90. The summed E-state index contributed by atoms with van der Waals surface area (Å²) in [6.07, 6.45) is -2.16. The van der Waals surface area contributed by atoms with E-state index >= 15 is 4.79 Å². The molecule has 62 heavy (non-hydrogen) atoms. The van der Waals surface area contributed by atoms with Gasteiger partial charge in [0.2, 0.25) is 17.8 Å². The van der Waals surface area contributed by atoms with Crippen LogP contribution in [0.2, 0.25) is 0 Å². The fourth-order valence-electron chi connectivity index (χ4n) is 9.16. The molecule has 1 aliphatic carbocycles. The van der Waals surface area contributed by atoms with Crippen LogP contribution in [0.1, 0.15) is 76.1 Å². The summed E-state index contributed by atoms with van der Waals surface area (Å²) < 4.78 is 36.3. The van der Waals surface area contributed by atoms with Crippen LogP contribution in [0.3, 0.4) is 0 Å². The molecule has 15 heteroatoms. The number of nitrogens with one attached hydrogen (secondary N) is 1. The van der Waals surface area contributed by atoms with Crippen molar-refractivity contribution in [3.63, 3.8) is 0 Å². The summed E-state index contributed by atoms with van der Waals surface area (Å²) in [6, 6.07) is 23.7. The van der Waals surface area contributed by atoms with Gasteiger partial charge in [0, 0.05) is 35.5 Å². The molecular weight excluding hydrogens is 801 g/mol. The van der Waals surface area contributed by atoms with Crippen molar-refractivity contribution in [2.45, 2.75) is 114 Å². The van der Waals surface area contributed by atoms with Crippen LogP contribution in [0.4, 0.5) is 0 Å². The highest BCUT2D eigenvalue weighted by Gasteiger charge is 2.76. The molecule has 328 valence electrons. The molecule has 0 aromatic heterocycles. The van der Waals surface area contributed by atoms with Gasteiger partial charge in [0.25, 0.3) is 0 Å². The van der Waals surface area contributed by atoms with Crippen molar-refractivity contribution in [3.8, 4) is 0 Å². The first-order valence-corrected chi connectivity index (χ1v) is 20.9. The Labute approximate surface area is 359 Å². The summed E-state index contributed by atoms with van der Waals surface area (Å²) in [4.78, 5) is 74.3. The van der Waals surface area contributed by atoms with E-state index in [2.05, 4.69) is 5.32 Å². The van der Waals surface area contributed by atoms with Gasteiger partial charge in [-0.2, -0.15) is 5.06 Å². The smallest absolute Gasteiger partial charge is 0.348 e. The molecule has 1 saturated carbocycles. The van der Waals surface area contributed by atoms with Crippen molar-refractivity contribution < 1.29 is 62.3 Å². The molecule has 8 atom stereocenters. The van der Waals surface area contributed by atoms with Crippen LogP contribution in [-0.2, 0) is 69.6 Å². The Morgan fingerprint density at radius 3 is 2.19 bits per heavy atom. The molecule has 4 heterocycles. The highest BCUT2D eigenvalue weighted by Crippen LogP contribution is 2.59. The molecule has 2 bridgehead atoms. The number of aliphatic hydroxyl groups is 1. The molecule has 4 aliphatic heterocycles. The number of cyclic esters (lactones) is 1. The third-order valence-corrected chi connectivity index (χ3v) is 12.1. The van der Waals surface area contributed by atoms with Gasteiger partial charge < -0.3 is 38.8 Å². The number of hydroxylamine groups is 2. The predicted molar refractivity (Wildman–Crippen MR) is 219 cm³/mol. The fourth-order valence-corrected chi connectivity index (χ4v) is 9.16. The summed E-state index contributed by atoms with van der Waals surface area (Å²) >= 11 is 0. The lowest BCUT2D eigenvalue weighted by Crippen LogP contribution is -2.70. The van der Waals surface area contributed by atoms with Crippen LogP contribution in [0, 0.1) is 10.8 Å². The van der Waals surface area contributed by atoms with Gasteiger partial charge in [0.15, 0.2) is 6.04 Å². The van der Waals surface area contributed by atoms with E-state index in [9.17, 15) is 24.3 Å². The molecule has 1 amide bonds. The number of nitrogens with zero attached hydrogens (tertiary/aromatic N) is 1. The van der Waals surface area contributed by atoms with Crippen molar-refractivity contribution in [1.82, 2.24) is 10.4 Å². The summed E-state index contributed by atoms with van der Waals surface area (Å²) in [6.45, 7) is 8.40. The Morgan fingerprint density at radius 1 is 0.919 bits per heavy atom. The maximum Gasteiger partial charge on any atom is 0.348 e. The lowest BCUT2D eigenvalue weighted by Gasteiger charge is -2.49. The number of carbonyl (C=O) groups excluding carboxylic acids is 5. The summed E-state index contributed by atoms with van der Waals surface area (Å²) in [5, 5.41) is 14.9. The van der Waals surface area contributed by atoms with Crippen LogP contribution < -0.4 is 5.32 Å². The zero-order valence-electron chi connectivity index (χ0n) is 35.3. The first-order valence-electron chi connectivity index (χ1n) is 20.9. The molecule has 5 aliphatic rings. The van der Waals surface area contributed by atoms with E-state index in [-0.39, 0.29) is 32.4 Å². The SMILES string of the molecule is CC(C)(C)OC(=O)CC[C@@H](CO)NC(=O)[C@@]12C[C@H]3OC(=O)[C@@H]1N(Cc1ccccc1C=CC(=O)O[C@H]1C(=O)OCC1(C)C)O[C@@H]2[C@H]1OC(c2ccccc2)(c2ccccc2)O[C@H]13. The summed E-state index contributed by atoms with van der Waals surface area (Å²) in [5.41, 5.74) is -0.474. The topological polar surface area (TPSA) is 185 Å². The van der Waals surface area contributed by atoms with E-state index in [1.54, 1.807) is 65.0 Å². The van der Waals surface area contributed by atoms with Gasteiger partial charge in [-0.15, -0.1) is 0 Å². The number of carbonyl (C=O) groups is 5. The highest BCUT2D eigenvalue weighted by molar-refractivity contribution is 5.94. The molecule has 0 unspecified atom stereocenters. The Hall–Kier alpha value is -5.45. The molecular formula is C47H52N2O13. The van der Waals surface area contributed by atoms with Gasteiger partial charge in [0.05, 0.1) is 19.2 Å². The van der Waals surface area contributed by atoms with E-state index in [1.807, 2.05) is 60.7 Å². The Balaban J connectivity index is 1.13. The lowest BCUT2D eigenvalue weighted by molar-refractivity contribution is -0.213. The standard InChI is InChI=1S/C47H52N2O13/c1-44(2,3)59-35(52)23-21-32(26-50)48-43(55)46-24-33-36-37(61-47(60-36,30-16-8-6-9-17-30)31-18-10-7-11-19-31)39(46)62-49(38(46)41(53)57-33)25-29-15-13-12-14-28(29)20-22-34(51)58-40-42(54)56-27-45(40,4)5/h6-20,22,32-33,36-40,50H,21,23-27H2,1-5H3,(H,48,55)/t32-,33+,36-,37-,38-,39+,40-,46-/m0/s1. The molecule has 8 rings (SSSR count). The van der Waals surface area contributed by atoms with E-state index < -0.39 is 101 Å². The number of hydrogen-bond donors (Lipinski definition) is 2. The van der Waals surface area contributed by atoms with Gasteiger partial charge in [-0.3, -0.25) is 19.2 Å². The van der Waals surface area contributed by atoms with Crippen molar-refractivity contribution in [2.75, 3.05) is 13.2 Å². The minimum absolute atomic E-state index is 0.00184. The van der Waals surface area contributed by atoms with Crippen molar-refractivity contribution >= 4 is 35.9 Å². The predicted octanol–water partition coefficient (Wildman–Crippen LogP) is 4.28. The molecule has 15 nitrogen and oxygen atoms in total. The van der Waals surface area contributed by atoms with Crippen molar-refractivity contribution in [2.24, 2.45) is 10.8 Å². The van der Waals surface area contributed by atoms with E-state index in [0.717, 1.165) is 0 Å². The molecule has 5 fully saturated rings.